The number of carbonyl (C=O) groups is 1. The number of benzene rings is 1. The summed E-state index contributed by atoms with van der Waals surface area (Å²) in [4.78, 5) is 12.4. The number of methoxy groups -OCH3 is 1. The minimum Gasteiger partial charge on any atom is -0.469 e. The van der Waals surface area contributed by atoms with E-state index in [0.29, 0.717) is 0 Å². The lowest BCUT2D eigenvalue weighted by molar-refractivity contribution is -0.143. The lowest BCUT2D eigenvalue weighted by atomic mass is 9.86. The van der Waals surface area contributed by atoms with E-state index in [2.05, 4.69) is 4.74 Å². The Labute approximate surface area is 127 Å². The van der Waals surface area contributed by atoms with Crippen molar-refractivity contribution in [3.8, 4) is 0 Å². The van der Waals surface area contributed by atoms with Gasteiger partial charge in [0, 0.05) is 18.4 Å². The van der Waals surface area contributed by atoms with Gasteiger partial charge in [0.2, 0.25) is 0 Å². The molecule has 0 amide bonds. The summed E-state index contributed by atoms with van der Waals surface area (Å²) in [5.41, 5.74) is 0.111. The van der Waals surface area contributed by atoms with Gasteiger partial charge in [-0.3, -0.25) is 4.79 Å². The highest BCUT2D eigenvalue weighted by Crippen LogP contribution is 2.26. The molecule has 0 spiro atoms. The first-order chi connectivity index (χ1) is 11.7. The molecule has 2 rings (SSSR count). The summed E-state index contributed by atoms with van der Waals surface area (Å²) in [7, 11) is 1.02. The molecule has 2 unspecified atom stereocenters. The molecule has 0 bridgehead atoms. The molecular formula is C14H20ClNO2. The normalized spacial score (nSPS) is 43.3. The SMILES string of the molecule is Cl.[2H]C1([2H])NC([2H])(C(C(=O)OC)c2ccccc2)C([2H])([2H])C([2H])([2H])C1([2H])[2H]. The molecule has 0 aromatic heterocycles. The molecule has 3 nitrogen and oxygen atoms in total. The first-order valence-electron chi connectivity index (χ1n) is 9.59. The van der Waals surface area contributed by atoms with Gasteiger partial charge in [-0.15, -0.1) is 12.4 Å². The van der Waals surface area contributed by atoms with Crippen molar-refractivity contribution >= 4 is 18.4 Å². The van der Waals surface area contributed by atoms with Gasteiger partial charge >= 0.3 is 5.97 Å². The molecule has 1 aromatic rings. The van der Waals surface area contributed by atoms with Crippen LogP contribution in [0.15, 0.2) is 30.3 Å². The molecule has 4 heteroatoms. The van der Waals surface area contributed by atoms with Crippen molar-refractivity contribution in [1.29, 1.82) is 0 Å². The summed E-state index contributed by atoms with van der Waals surface area (Å²) >= 11 is 0. The van der Waals surface area contributed by atoms with E-state index < -0.39 is 43.5 Å². The summed E-state index contributed by atoms with van der Waals surface area (Å²) in [5.74, 6) is -2.82. The summed E-state index contributed by atoms with van der Waals surface area (Å²) in [6, 6.07) is 4.59. The van der Waals surface area contributed by atoms with E-state index in [9.17, 15) is 4.79 Å². The Hall–Kier alpha value is -1.06. The zero-order chi connectivity index (χ0) is 20.2. The summed E-state index contributed by atoms with van der Waals surface area (Å²) in [6.45, 7) is -3.13. The molecule has 0 saturated carbocycles. The van der Waals surface area contributed by atoms with Crippen molar-refractivity contribution < 1.29 is 21.9 Å². The van der Waals surface area contributed by atoms with Gasteiger partial charge < -0.3 is 10.1 Å². The number of piperidine rings is 1. The smallest absolute Gasteiger partial charge is 0.314 e. The van der Waals surface area contributed by atoms with Crippen LogP contribution in [0.1, 0.15) is 42.9 Å². The minimum atomic E-state index is -3.43. The van der Waals surface area contributed by atoms with Gasteiger partial charge in [-0.25, -0.2) is 0 Å². The summed E-state index contributed by atoms with van der Waals surface area (Å²) in [6.07, 6.45) is -10.0. The Bertz CT molecular complexity index is 701. The zero-order valence-electron chi connectivity index (χ0n) is 18.7. The number of nitrogens with one attached hydrogen (secondary N) is 1. The predicted molar refractivity (Wildman–Crippen MR) is 74.1 cm³/mol. The first-order valence-corrected chi connectivity index (χ1v) is 5.09. The number of halogens is 1. The average molecular weight is 279 g/mol. The van der Waals surface area contributed by atoms with E-state index >= 15 is 0 Å². The molecule has 100 valence electrons. The number of carbonyl (C=O) groups excluding carboxylic acids is 1. The Balaban J connectivity index is 0.00000364. The molecule has 1 fully saturated rings. The van der Waals surface area contributed by atoms with Gasteiger partial charge in [0.25, 0.3) is 0 Å². The highest BCUT2D eigenvalue weighted by molar-refractivity contribution is 5.85. The molecule has 1 aliphatic heterocycles. The molecule has 0 aliphatic carbocycles. The second-order valence-corrected chi connectivity index (χ2v) is 3.41. The van der Waals surface area contributed by atoms with Crippen LogP contribution in [0.5, 0.6) is 0 Å². The predicted octanol–water partition coefficient (Wildman–Crippen LogP) is 2.51. The van der Waals surface area contributed by atoms with E-state index in [1.807, 2.05) is 5.32 Å². The number of hydrogen-bond donors (Lipinski definition) is 1. The lowest BCUT2D eigenvalue weighted by Crippen LogP contribution is -2.42. The van der Waals surface area contributed by atoms with E-state index in [1.54, 1.807) is 6.07 Å². The van der Waals surface area contributed by atoms with Crippen LogP contribution < -0.4 is 5.32 Å². The van der Waals surface area contributed by atoms with Crippen LogP contribution in [0.2, 0.25) is 0 Å². The average Bonchev–Trinajstić information content (AvgIpc) is 2.53. The molecule has 1 N–H and O–H groups in total. The fraction of sp³-hybridized carbons (Fsp3) is 0.500. The maximum Gasteiger partial charge on any atom is 0.314 e. The van der Waals surface area contributed by atoms with Crippen molar-refractivity contribution in [2.24, 2.45) is 0 Å². The minimum absolute atomic E-state index is 0. The maximum atomic E-state index is 12.4. The molecule has 1 heterocycles. The van der Waals surface area contributed by atoms with Crippen LogP contribution in [0.4, 0.5) is 0 Å². The molecule has 0 radical (unpaired) electrons. The number of rotatable bonds is 3. The topological polar surface area (TPSA) is 38.3 Å². The van der Waals surface area contributed by atoms with Crippen LogP contribution in [-0.2, 0) is 9.53 Å². The second-order valence-electron chi connectivity index (χ2n) is 3.41. The van der Waals surface area contributed by atoms with Gasteiger partial charge in [-0.1, -0.05) is 36.7 Å². The monoisotopic (exact) mass is 278 g/mol. The summed E-state index contributed by atoms with van der Waals surface area (Å²) in [5, 5.41) is 1.93. The fourth-order valence-corrected chi connectivity index (χ4v) is 1.59. The highest BCUT2D eigenvalue weighted by atomic mass is 35.5. The molecule has 18 heavy (non-hydrogen) atoms. The van der Waals surface area contributed by atoms with E-state index in [-0.39, 0.29) is 18.0 Å². The molecule has 1 saturated heterocycles. The van der Waals surface area contributed by atoms with Gasteiger partial charge in [0.05, 0.1) is 13.0 Å². The van der Waals surface area contributed by atoms with Crippen LogP contribution in [0.25, 0.3) is 0 Å². The van der Waals surface area contributed by atoms with Crippen LogP contribution >= 0.6 is 12.4 Å². The van der Waals surface area contributed by atoms with Crippen LogP contribution in [0, 0.1) is 0 Å². The fourth-order valence-electron chi connectivity index (χ4n) is 1.59. The number of esters is 1. The Morgan fingerprint density at radius 3 is 2.89 bits per heavy atom. The van der Waals surface area contributed by atoms with E-state index in [1.165, 1.54) is 24.3 Å². The third kappa shape index (κ3) is 3.47. The molecule has 1 aromatic carbocycles. The molecule has 1 aliphatic rings. The molecular weight excluding hydrogens is 250 g/mol. The third-order valence-electron chi connectivity index (χ3n) is 2.38. The first kappa shape index (κ1) is 6.40. The van der Waals surface area contributed by atoms with E-state index in [0.717, 1.165) is 7.11 Å². The standard InChI is InChI=1S/C14H19NO2.ClH/c1-17-14(16)13(11-7-3-2-4-8-11)12-9-5-6-10-15-12;/h2-4,7-8,12-13,15H,5-6,9-10H2,1H3;1H/i5D2,6D2,9D2,10D2,12D;. The zero-order valence-corrected chi connectivity index (χ0v) is 10.5. The Morgan fingerprint density at radius 1 is 1.50 bits per heavy atom. The number of hydrogen-bond acceptors (Lipinski definition) is 3. The van der Waals surface area contributed by atoms with Crippen molar-refractivity contribution in [2.75, 3.05) is 13.6 Å². The highest BCUT2D eigenvalue weighted by Gasteiger charge is 2.31. The molecule has 2 atom stereocenters. The van der Waals surface area contributed by atoms with Crippen molar-refractivity contribution in [3.05, 3.63) is 35.9 Å². The Kier molecular flexibility index (Phi) is 2.63. The second kappa shape index (κ2) is 7.39. The van der Waals surface area contributed by atoms with Gasteiger partial charge in [-0.2, -0.15) is 0 Å². The van der Waals surface area contributed by atoms with Crippen LogP contribution in [0.3, 0.4) is 0 Å². The largest absolute Gasteiger partial charge is 0.469 e. The van der Waals surface area contributed by atoms with Gasteiger partial charge in [-0.05, 0) is 24.8 Å². The lowest BCUT2D eigenvalue weighted by Gasteiger charge is -2.29. The Morgan fingerprint density at radius 2 is 2.22 bits per heavy atom. The van der Waals surface area contributed by atoms with Crippen LogP contribution in [-0.4, -0.2) is 25.6 Å². The van der Waals surface area contributed by atoms with Gasteiger partial charge in [0.15, 0.2) is 0 Å². The number of ether oxygens (including phenoxy) is 1. The van der Waals surface area contributed by atoms with Crippen molar-refractivity contribution in [1.82, 2.24) is 5.32 Å². The van der Waals surface area contributed by atoms with E-state index in [4.69, 9.17) is 12.3 Å². The summed E-state index contributed by atoms with van der Waals surface area (Å²) < 4.78 is 76.9. The van der Waals surface area contributed by atoms with Crippen molar-refractivity contribution in [3.63, 3.8) is 0 Å². The quantitative estimate of drug-likeness (QED) is 0.864. The van der Waals surface area contributed by atoms with Crippen molar-refractivity contribution in [2.45, 2.75) is 31.1 Å². The van der Waals surface area contributed by atoms with Gasteiger partial charge in [0.1, 0.15) is 0 Å². The maximum absolute atomic E-state index is 12.4. The third-order valence-corrected chi connectivity index (χ3v) is 2.38.